The lowest BCUT2D eigenvalue weighted by molar-refractivity contribution is 0.170. The van der Waals surface area contributed by atoms with E-state index < -0.39 is 0 Å². The van der Waals surface area contributed by atoms with Crippen molar-refractivity contribution < 1.29 is 9.47 Å². The van der Waals surface area contributed by atoms with Crippen molar-refractivity contribution in [3.63, 3.8) is 0 Å². The van der Waals surface area contributed by atoms with E-state index in [1.54, 1.807) is 24.6 Å². The molecule has 0 spiro atoms. The molecule has 11 heteroatoms. The van der Waals surface area contributed by atoms with E-state index in [2.05, 4.69) is 25.1 Å². The SMILES string of the molecule is COCCCOc1ccc(-c2nc(-c3cn(SNC4=NCCCN4)[nH]3)cs2)cn1. The number of methoxy groups -OCH3 is 1. The van der Waals surface area contributed by atoms with Crippen molar-refractivity contribution in [3.05, 3.63) is 29.9 Å². The van der Waals surface area contributed by atoms with Crippen molar-refractivity contribution in [2.75, 3.05) is 33.4 Å². The molecule has 3 N–H and O–H groups in total. The lowest BCUT2D eigenvalue weighted by atomic mass is 10.3. The molecule has 0 radical (unpaired) electrons. The third-order valence-electron chi connectivity index (χ3n) is 4.12. The summed E-state index contributed by atoms with van der Waals surface area (Å²) in [6, 6.07) is 3.85. The van der Waals surface area contributed by atoms with Gasteiger partial charge in [0, 0.05) is 56.4 Å². The van der Waals surface area contributed by atoms with Gasteiger partial charge in [0.1, 0.15) is 16.4 Å². The zero-order chi connectivity index (χ0) is 19.9. The summed E-state index contributed by atoms with van der Waals surface area (Å²) in [5, 5.41) is 9.43. The van der Waals surface area contributed by atoms with Gasteiger partial charge in [-0.2, -0.15) is 0 Å². The van der Waals surface area contributed by atoms with E-state index in [1.807, 2.05) is 27.8 Å². The number of aliphatic imine (C=N–C) groups is 1. The molecule has 0 fully saturated rings. The number of aromatic amines is 1. The van der Waals surface area contributed by atoms with Gasteiger partial charge in [0.15, 0.2) is 0 Å². The number of thiazole rings is 1. The van der Waals surface area contributed by atoms with E-state index in [1.165, 1.54) is 12.1 Å². The standard InChI is InChI=1S/C18H23N7O2S2/c1-26-8-3-9-27-16-5-4-13(10-21-16)17-22-15(12-28-17)14-11-25(23-14)29-24-18-19-6-2-7-20-18/h4-5,10-12,23H,2-3,6-9H2,1H3,(H2,19,20,24). The first-order valence-corrected chi connectivity index (χ1v) is 11.0. The molecule has 4 heterocycles. The maximum Gasteiger partial charge on any atom is 0.213 e. The normalized spacial score (nSPS) is 13.8. The van der Waals surface area contributed by atoms with Crippen molar-refractivity contribution in [2.24, 2.45) is 4.99 Å². The molecule has 0 aromatic carbocycles. The Morgan fingerprint density at radius 3 is 3.03 bits per heavy atom. The molecule has 0 saturated heterocycles. The predicted molar refractivity (Wildman–Crippen MR) is 116 cm³/mol. The monoisotopic (exact) mass is 433 g/mol. The number of guanidine groups is 1. The lowest BCUT2D eigenvalue weighted by Gasteiger charge is -2.17. The van der Waals surface area contributed by atoms with Crippen molar-refractivity contribution in [1.29, 1.82) is 0 Å². The van der Waals surface area contributed by atoms with Crippen LogP contribution in [0.2, 0.25) is 0 Å². The average molecular weight is 434 g/mol. The lowest BCUT2D eigenvalue weighted by Crippen LogP contribution is -2.38. The number of hydrogen-bond acceptors (Lipinski definition) is 9. The molecular formula is C18H23N7O2S2. The van der Waals surface area contributed by atoms with Crippen LogP contribution < -0.4 is 14.8 Å². The number of rotatable bonds is 9. The van der Waals surface area contributed by atoms with E-state index >= 15 is 0 Å². The minimum absolute atomic E-state index is 0.591. The van der Waals surface area contributed by atoms with Gasteiger partial charge in [-0.25, -0.2) is 14.1 Å². The van der Waals surface area contributed by atoms with Crippen molar-refractivity contribution in [2.45, 2.75) is 12.8 Å². The van der Waals surface area contributed by atoms with Gasteiger partial charge < -0.3 is 14.8 Å². The van der Waals surface area contributed by atoms with Crippen LogP contribution in [0.1, 0.15) is 12.8 Å². The van der Waals surface area contributed by atoms with Crippen LogP contribution in [-0.4, -0.2) is 58.5 Å². The molecular weight excluding hydrogens is 410 g/mol. The number of H-pyrrole nitrogens is 1. The van der Waals surface area contributed by atoms with E-state index in [0.29, 0.717) is 19.1 Å². The summed E-state index contributed by atoms with van der Waals surface area (Å²) in [4.78, 5) is 13.4. The minimum Gasteiger partial charge on any atom is -0.478 e. The third kappa shape index (κ3) is 5.31. The molecule has 0 bridgehead atoms. The average Bonchev–Trinajstić information content (AvgIpc) is 3.21. The Balaban J connectivity index is 1.30. The van der Waals surface area contributed by atoms with Crippen LogP contribution in [-0.2, 0) is 4.74 Å². The van der Waals surface area contributed by atoms with Gasteiger partial charge in [-0.3, -0.25) is 14.8 Å². The number of hydrogen-bond donors (Lipinski definition) is 3. The number of ether oxygens (including phenoxy) is 2. The first-order valence-electron chi connectivity index (χ1n) is 9.35. The largest absolute Gasteiger partial charge is 0.478 e. The summed E-state index contributed by atoms with van der Waals surface area (Å²) >= 11 is 3.02. The first kappa shape index (κ1) is 19.8. The summed E-state index contributed by atoms with van der Waals surface area (Å²) in [5.41, 5.74) is 2.86. The molecule has 4 rings (SSSR count). The highest BCUT2D eigenvalue weighted by Gasteiger charge is 2.12. The Labute approximate surface area is 177 Å². The fourth-order valence-corrected chi connectivity index (χ4v) is 4.03. The maximum atomic E-state index is 5.59. The molecule has 1 aliphatic heterocycles. The zero-order valence-electron chi connectivity index (χ0n) is 16.1. The molecule has 29 heavy (non-hydrogen) atoms. The van der Waals surface area contributed by atoms with Crippen molar-refractivity contribution in [1.82, 2.24) is 29.2 Å². The van der Waals surface area contributed by atoms with Gasteiger partial charge in [-0.05, 0) is 12.5 Å². The molecule has 9 nitrogen and oxygen atoms in total. The highest BCUT2D eigenvalue weighted by Crippen LogP contribution is 2.29. The molecule has 0 aliphatic carbocycles. The van der Waals surface area contributed by atoms with Crippen LogP contribution in [0, 0.1) is 0 Å². The van der Waals surface area contributed by atoms with E-state index in [0.717, 1.165) is 53.8 Å². The maximum absolute atomic E-state index is 5.59. The smallest absolute Gasteiger partial charge is 0.213 e. The number of aromatic nitrogens is 4. The van der Waals surface area contributed by atoms with E-state index in [9.17, 15) is 0 Å². The van der Waals surface area contributed by atoms with Crippen LogP contribution in [0.25, 0.3) is 22.0 Å². The molecule has 0 atom stereocenters. The number of pyridine rings is 1. The van der Waals surface area contributed by atoms with Crippen LogP contribution in [0.3, 0.4) is 0 Å². The van der Waals surface area contributed by atoms with E-state index in [-0.39, 0.29) is 0 Å². The summed E-state index contributed by atoms with van der Waals surface area (Å²) in [6.45, 7) is 3.09. The van der Waals surface area contributed by atoms with Gasteiger partial charge in [0.2, 0.25) is 11.8 Å². The van der Waals surface area contributed by atoms with Crippen LogP contribution in [0.5, 0.6) is 5.88 Å². The topological polar surface area (TPSA) is 101 Å². The highest BCUT2D eigenvalue weighted by atomic mass is 32.2. The molecule has 0 amide bonds. The zero-order valence-corrected chi connectivity index (χ0v) is 17.7. The summed E-state index contributed by atoms with van der Waals surface area (Å²) in [6.07, 6.45) is 5.71. The molecule has 3 aromatic heterocycles. The predicted octanol–water partition coefficient (Wildman–Crippen LogP) is 2.77. The Morgan fingerprint density at radius 2 is 2.28 bits per heavy atom. The van der Waals surface area contributed by atoms with Crippen molar-refractivity contribution >= 4 is 29.4 Å². The Kier molecular flexibility index (Phi) is 6.70. The van der Waals surface area contributed by atoms with Crippen LogP contribution in [0.4, 0.5) is 0 Å². The van der Waals surface area contributed by atoms with Crippen molar-refractivity contribution in [3.8, 4) is 27.8 Å². The number of nitrogens with zero attached hydrogens (tertiary/aromatic N) is 4. The highest BCUT2D eigenvalue weighted by molar-refractivity contribution is 7.96. The third-order valence-corrected chi connectivity index (χ3v) is 5.69. The van der Waals surface area contributed by atoms with Gasteiger partial charge >= 0.3 is 0 Å². The minimum atomic E-state index is 0.591. The molecule has 154 valence electrons. The van der Waals surface area contributed by atoms with Crippen LogP contribution in [0.15, 0.2) is 34.9 Å². The summed E-state index contributed by atoms with van der Waals surface area (Å²) in [5.74, 6) is 1.43. The second-order valence-corrected chi connectivity index (χ2v) is 7.94. The van der Waals surface area contributed by atoms with E-state index in [4.69, 9.17) is 14.5 Å². The molecule has 0 unspecified atom stereocenters. The van der Waals surface area contributed by atoms with Gasteiger partial charge in [-0.15, -0.1) is 11.3 Å². The van der Waals surface area contributed by atoms with Gasteiger partial charge in [0.25, 0.3) is 0 Å². The summed E-state index contributed by atoms with van der Waals surface area (Å²) in [7, 11) is 1.68. The fraction of sp³-hybridized carbons (Fsp3) is 0.389. The van der Waals surface area contributed by atoms with Crippen LogP contribution >= 0.6 is 23.5 Å². The summed E-state index contributed by atoms with van der Waals surface area (Å²) < 4.78 is 15.7. The molecule has 0 saturated carbocycles. The van der Waals surface area contributed by atoms with Gasteiger partial charge in [-0.1, -0.05) is 0 Å². The first-order chi connectivity index (χ1) is 14.3. The Morgan fingerprint density at radius 1 is 1.34 bits per heavy atom. The quantitative estimate of drug-likeness (QED) is 0.352. The molecule has 3 aromatic rings. The van der Waals surface area contributed by atoms with Gasteiger partial charge in [0.05, 0.1) is 24.9 Å². The second-order valence-electron chi connectivity index (χ2n) is 6.30. The fourth-order valence-electron chi connectivity index (χ4n) is 2.60. The second kappa shape index (κ2) is 9.81. The Bertz CT molecular complexity index is 920. The number of nitrogens with one attached hydrogen (secondary N) is 3. The Hall–Kier alpha value is -2.50. The molecule has 1 aliphatic rings.